The monoisotopic (exact) mass is 213 g/mol. The lowest BCUT2D eigenvalue weighted by atomic mass is 10.2. The average Bonchev–Trinajstić information content (AvgIpc) is 2.25. The molecule has 1 saturated heterocycles. The maximum absolute atomic E-state index is 11.3. The molecule has 0 aromatic carbocycles. The van der Waals surface area contributed by atoms with Gasteiger partial charge in [-0.25, -0.2) is 5.01 Å². The molecule has 1 amide bonds. The molecule has 0 spiro atoms. The van der Waals surface area contributed by atoms with Crippen LogP contribution in [-0.2, 0) is 4.79 Å². The van der Waals surface area contributed by atoms with Gasteiger partial charge in [-0.05, 0) is 19.3 Å². The van der Waals surface area contributed by atoms with Crippen molar-refractivity contribution in [3.8, 4) is 0 Å². The molecule has 1 aliphatic rings. The molecule has 1 rings (SSSR count). The number of carbonyl (C=O) groups excluding carboxylic acids is 1. The Morgan fingerprint density at radius 1 is 1.27 bits per heavy atom. The molecule has 0 atom stereocenters. The summed E-state index contributed by atoms with van der Waals surface area (Å²) < 4.78 is 0. The van der Waals surface area contributed by atoms with E-state index in [1.807, 2.05) is 0 Å². The predicted octanol–water partition coefficient (Wildman–Crippen LogP) is 0.845. The first kappa shape index (κ1) is 12.5. The molecule has 0 radical (unpaired) electrons. The van der Waals surface area contributed by atoms with Crippen LogP contribution < -0.4 is 5.43 Å². The van der Waals surface area contributed by atoms with Crippen LogP contribution in [0.15, 0.2) is 0 Å². The number of hydrogen-bond donors (Lipinski definition) is 1. The van der Waals surface area contributed by atoms with Gasteiger partial charge in [-0.1, -0.05) is 6.42 Å². The van der Waals surface area contributed by atoms with E-state index in [4.69, 9.17) is 0 Å². The van der Waals surface area contributed by atoms with E-state index >= 15 is 0 Å². The third-order valence-corrected chi connectivity index (χ3v) is 2.76. The number of piperidine rings is 1. The highest BCUT2D eigenvalue weighted by Gasteiger charge is 2.09. The summed E-state index contributed by atoms with van der Waals surface area (Å²) in [5, 5.41) is 2.28. The van der Waals surface area contributed by atoms with E-state index in [-0.39, 0.29) is 5.91 Å². The van der Waals surface area contributed by atoms with Gasteiger partial charge in [-0.2, -0.15) is 0 Å². The van der Waals surface area contributed by atoms with Gasteiger partial charge in [-0.15, -0.1) is 0 Å². The SMILES string of the molecule is CN(C)C(=O)CCCNN1CCCCC1. The number of amides is 1. The molecule has 4 nitrogen and oxygen atoms in total. The molecule has 88 valence electrons. The molecule has 0 bridgehead atoms. The summed E-state index contributed by atoms with van der Waals surface area (Å²) in [5.74, 6) is 0.218. The second-order valence-corrected chi connectivity index (χ2v) is 4.35. The quantitative estimate of drug-likeness (QED) is 0.688. The summed E-state index contributed by atoms with van der Waals surface area (Å²) in [4.78, 5) is 12.9. The van der Waals surface area contributed by atoms with Crippen molar-refractivity contribution in [2.24, 2.45) is 0 Å². The first-order chi connectivity index (χ1) is 7.20. The van der Waals surface area contributed by atoms with Crippen molar-refractivity contribution < 1.29 is 4.79 Å². The van der Waals surface area contributed by atoms with Crippen molar-refractivity contribution in [1.29, 1.82) is 0 Å². The Hall–Kier alpha value is -0.610. The molecule has 0 aromatic rings. The molecule has 1 fully saturated rings. The third kappa shape index (κ3) is 5.14. The molecule has 4 heteroatoms. The van der Waals surface area contributed by atoms with Crippen molar-refractivity contribution in [3.63, 3.8) is 0 Å². The van der Waals surface area contributed by atoms with Crippen LogP contribution in [0, 0.1) is 0 Å². The highest BCUT2D eigenvalue weighted by molar-refractivity contribution is 5.75. The van der Waals surface area contributed by atoms with E-state index in [1.165, 1.54) is 19.3 Å². The van der Waals surface area contributed by atoms with Crippen LogP contribution in [0.5, 0.6) is 0 Å². The van der Waals surface area contributed by atoms with Gasteiger partial charge < -0.3 is 4.90 Å². The molecule has 0 unspecified atom stereocenters. The molecular weight excluding hydrogens is 190 g/mol. The zero-order valence-electron chi connectivity index (χ0n) is 9.96. The van der Waals surface area contributed by atoms with E-state index in [0.717, 1.165) is 26.1 Å². The highest BCUT2D eigenvalue weighted by Crippen LogP contribution is 2.05. The standard InChI is InChI=1S/C11H23N3O/c1-13(2)11(15)7-6-8-12-14-9-4-3-5-10-14/h12H,3-10H2,1-2H3. The van der Waals surface area contributed by atoms with Crippen LogP contribution in [0.2, 0.25) is 0 Å². The largest absolute Gasteiger partial charge is 0.349 e. The molecule has 1 heterocycles. The maximum atomic E-state index is 11.3. The zero-order chi connectivity index (χ0) is 11.1. The van der Waals surface area contributed by atoms with Gasteiger partial charge in [0.15, 0.2) is 0 Å². The molecule has 1 aliphatic heterocycles. The summed E-state index contributed by atoms with van der Waals surface area (Å²) in [6, 6.07) is 0. The average molecular weight is 213 g/mol. The lowest BCUT2D eigenvalue weighted by Crippen LogP contribution is -2.42. The van der Waals surface area contributed by atoms with Crippen molar-refractivity contribution in [3.05, 3.63) is 0 Å². The Labute approximate surface area is 92.6 Å². The van der Waals surface area contributed by atoms with Gasteiger partial charge >= 0.3 is 0 Å². The van der Waals surface area contributed by atoms with E-state index in [2.05, 4.69) is 10.4 Å². The number of carbonyl (C=O) groups is 1. The smallest absolute Gasteiger partial charge is 0.222 e. The van der Waals surface area contributed by atoms with E-state index in [1.54, 1.807) is 19.0 Å². The van der Waals surface area contributed by atoms with Gasteiger partial charge in [0, 0.05) is 40.2 Å². The highest BCUT2D eigenvalue weighted by atomic mass is 16.2. The Morgan fingerprint density at radius 3 is 2.53 bits per heavy atom. The van der Waals surface area contributed by atoms with Crippen LogP contribution in [0.4, 0.5) is 0 Å². The number of hydrogen-bond acceptors (Lipinski definition) is 3. The Morgan fingerprint density at radius 2 is 1.93 bits per heavy atom. The summed E-state index contributed by atoms with van der Waals surface area (Å²) in [6.07, 6.45) is 5.52. The Kier molecular flexibility index (Phi) is 5.65. The molecule has 15 heavy (non-hydrogen) atoms. The molecular formula is C11H23N3O. The van der Waals surface area contributed by atoms with Crippen LogP contribution in [0.1, 0.15) is 32.1 Å². The van der Waals surface area contributed by atoms with Gasteiger partial charge in [0.2, 0.25) is 5.91 Å². The van der Waals surface area contributed by atoms with Crippen molar-refractivity contribution in [2.45, 2.75) is 32.1 Å². The summed E-state index contributed by atoms with van der Waals surface area (Å²) in [6.45, 7) is 3.23. The predicted molar refractivity (Wildman–Crippen MR) is 61.4 cm³/mol. The zero-order valence-corrected chi connectivity index (χ0v) is 9.96. The minimum absolute atomic E-state index is 0.218. The van der Waals surface area contributed by atoms with E-state index in [0.29, 0.717) is 6.42 Å². The topological polar surface area (TPSA) is 35.6 Å². The van der Waals surface area contributed by atoms with Gasteiger partial charge in [0.1, 0.15) is 0 Å². The Bertz CT molecular complexity index is 188. The molecule has 0 aliphatic carbocycles. The number of rotatable bonds is 5. The van der Waals surface area contributed by atoms with Crippen molar-refractivity contribution in [2.75, 3.05) is 33.7 Å². The number of hydrazine groups is 1. The third-order valence-electron chi connectivity index (χ3n) is 2.76. The first-order valence-electron chi connectivity index (χ1n) is 5.89. The Balaban J connectivity index is 1.98. The van der Waals surface area contributed by atoms with E-state index in [9.17, 15) is 4.79 Å². The van der Waals surface area contributed by atoms with Crippen LogP contribution >= 0.6 is 0 Å². The van der Waals surface area contributed by atoms with Crippen molar-refractivity contribution in [1.82, 2.24) is 15.3 Å². The van der Waals surface area contributed by atoms with Gasteiger partial charge in [0.25, 0.3) is 0 Å². The minimum atomic E-state index is 0.218. The number of nitrogens with one attached hydrogen (secondary N) is 1. The molecule has 1 N–H and O–H groups in total. The lowest BCUT2D eigenvalue weighted by Gasteiger charge is -2.27. The fourth-order valence-corrected chi connectivity index (χ4v) is 1.75. The fraction of sp³-hybridized carbons (Fsp3) is 0.909. The first-order valence-corrected chi connectivity index (χ1v) is 5.89. The van der Waals surface area contributed by atoms with Crippen molar-refractivity contribution >= 4 is 5.91 Å². The summed E-state index contributed by atoms with van der Waals surface area (Å²) in [5.41, 5.74) is 3.38. The maximum Gasteiger partial charge on any atom is 0.222 e. The van der Waals surface area contributed by atoms with E-state index < -0.39 is 0 Å². The van der Waals surface area contributed by atoms with Crippen LogP contribution in [0.25, 0.3) is 0 Å². The summed E-state index contributed by atoms with van der Waals surface area (Å²) >= 11 is 0. The summed E-state index contributed by atoms with van der Waals surface area (Å²) in [7, 11) is 3.61. The van der Waals surface area contributed by atoms with Crippen LogP contribution in [0.3, 0.4) is 0 Å². The van der Waals surface area contributed by atoms with Gasteiger partial charge in [0.05, 0.1) is 0 Å². The minimum Gasteiger partial charge on any atom is -0.349 e. The second-order valence-electron chi connectivity index (χ2n) is 4.35. The number of nitrogens with zero attached hydrogens (tertiary/aromatic N) is 2. The second kappa shape index (κ2) is 6.80. The van der Waals surface area contributed by atoms with Crippen LogP contribution in [-0.4, -0.2) is 49.5 Å². The fourth-order valence-electron chi connectivity index (χ4n) is 1.75. The molecule has 0 aromatic heterocycles. The normalized spacial score (nSPS) is 17.7. The lowest BCUT2D eigenvalue weighted by molar-refractivity contribution is -0.128. The van der Waals surface area contributed by atoms with Gasteiger partial charge in [-0.3, -0.25) is 10.2 Å². The molecule has 0 saturated carbocycles.